The summed E-state index contributed by atoms with van der Waals surface area (Å²) in [5, 5.41) is 8.44. The fraction of sp³-hybridized carbons (Fsp3) is 0.429. The van der Waals surface area contributed by atoms with Crippen LogP contribution in [0.4, 0.5) is 0 Å². The van der Waals surface area contributed by atoms with E-state index in [0.29, 0.717) is 28.1 Å². The summed E-state index contributed by atoms with van der Waals surface area (Å²) < 4.78 is 53.4. The van der Waals surface area contributed by atoms with Crippen molar-refractivity contribution in [3.05, 3.63) is 76.9 Å². The molecular weight excluding hydrogens is 636 g/mol. The van der Waals surface area contributed by atoms with Crippen LogP contribution in [0.1, 0.15) is 69.2 Å². The summed E-state index contributed by atoms with van der Waals surface area (Å²) in [6.07, 6.45) is -0.380. The van der Waals surface area contributed by atoms with Crippen LogP contribution in [-0.2, 0) is 42.7 Å². The summed E-state index contributed by atoms with van der Waals surface area (Å²) in [6.45, 7) is 11.0. The summed E-state index contributed by atoms with van der Waals surface area (Å²) in [5.74, 6) is -0.782. The zero-order chi connectivity index (χ0) is 34.8. The first-order chi connectivity index (χ1) is 22.7. The maximum atomic E-state index is 13.8. The molecular formula is C35H42N4O8S. The molecule has 4 aromatic rings. The standard InChI is InChI=1S/C35H42N4O8S/c1-8-44-32(40)18-27(25-16-28-34(38(7)37-36-28)30(17-25)45-21-33(41)47-35(4,5)6)24-14-13-22(2)26(15-24)20-39-19-23(3)46-29-11-9-10-12-31(29)48(39,42)43/h9-17,23,27H,8,18-21H2,1-7H3. The molecule has 0 saturated carbocycles. The second-order valence-corrected chi connectivity index (χ2v) is 14.8. The first-order valence-corrected chi connectivity index (χ1v) is 17.3. The van der Waals surface area contributed by atoms with Crippen molar-refractivity contribution in [3.63, 3.8) is 0 Å². The van der Waals surface area contributed by atoms with Crippen LogP contribution in [0.2, 0.25) is 0 Å². The van der Waals surface area contributed by atoms with Crippen molar-refractivity contribution in [2.24, 2.45) is 7.05 Å². The van der Waals surface area contributed by atoms with E-state index in [-0.39, 0.29) is 43.7 Å². The number of nitrogens with zero attached hydrogens (tertiary/aromatic N) is 4. The van der Waals surface area contributed by atoms with Crippen LogP contribution < -0.4 is 9.47 Å². The molecule has 0 saturated heterocycles. The van der Waals surface area contributed by atoms with Gasteiger partial charge >= 0.3 is 11.9 Å². The van der Waals surface area contributed by atoms with E-state index in [1.165, 1.54) is 4.31 Å². The minimum absolute atomic E-state index is 0.00607. The first kappa shape index (κ1) is 34.8. The SMILES string of the molecule is CCOC(=O)CC(c1ccc(C)c(CN2CC(C)Oc3ccccc3S2(=O)=O)c1)c1cc(OCC(=O)OC(C)(C)C)c2c(c1)nnn2C. The lowest BCUT2D eigenvalue weighted by atomic mass is 9.86. The van der Waals surface area contributed by atoms with Gasteiger partial charge in [0, 0.05) is 19.5 Å². The van der Waals surface area contributed by atoms with E-state index in [1.807, 2.05) is 38.1 Å². The number of ether oxygens (including phenoxy) is 4. The Morgan fingerprint density at radius 3 is 2.54 bits per heavy atom. The van der Waals surface area contributed by atoms with Gasteiger partial charge in [0.2, 0.25) is 10.0 Å². The van der Waals surface area contributed by atoms with Gasteiger partial charge in [0.05, 0.1) is 19.6 Å². The quantitative estimate of drug-likeness (QED) is 0.209. The number of hydrogen-bond donors (Lipinski definition) is 0. The van der Waals surface area contributed by atoms with Gasteiger partial charge in [-0.05, 0) is 88.1 Å². The van der Waals surface area contributed by atoms with Gasteiger partial charge in [0.1, 0.15) is 39.1 Å². The Hall–Kier alpha value is -4.49. The summed E-state index contributed by atoms with van der Waals surface area (Å²) >= 11 is 0. The van der Waals surface area contributed by atoms with Crippen LogP contribution in [-0.4, -0.2) is 71.1 Å². The maximum absolute atomic E-state index is 13.8. The number of esters is 2. The van der Waals surface area contributed by atoms with Gasteiger partial charge in [-0.15, -0.1) is 5.10 Å². The van der Waals surface area contributed by atoms with Crippen molar-refractivity contribution in [2.45, 2.75) is 77.0 Å². The highest BCUT2D eigenvalue weighted by molar-refractivity contribution is 7.89. The summed E-state index contributed by atoms with van der Waals surface area (Å²) in [5.41, 5.74) is 3.52. The molecule has 1 aliphatic rings. The lowest BCUT2D eigenvalue weighted by molar-refractivity contribution is -0.157. The number of carbonyl (C=O) groups excluding carboxylic acids is 2. The summed E-state index contributed by atoms with van der Waals surface area (Å²) in [7, 11) is -2.15. The van der Waals surface area contributed by atoms with Gasteiger partial charge in [0.25, 0.3) is 0 Å². The van der Waals surface area contributed by atoms with Crippen LogP contribution in [0, 0.1) is 6.92 Å². The second kappa shape index (κ2) is 13.9. The molecule has 13 heteroatoms. The lowest BCUT2D eigenvalue weighted by Gasteiger charge is -2.24. The molecule has 5 rings (SSSR count). The smallest absolute Gasteiger partial charge is 0.344 e. The second-order valence-electron chi connectivity index (χ2n) is 12.9. The minimum Gasteiger partial charge on any atom is -0.488 e. The molecule has 0 N–H and O–H groups in total. The van der Waals surface area contributed by atoms with Gasteiger partial charge in [0.15, 0.2) is 6.61 Å². The van der Waals surface area contributed by atoms with E-state index in [1.54, 1.807) is 69.8 Å². The number of fused-ring (bicyclic) bond motifs is 2. The molecule has 12 nitrogen and oxygen atoms in total. The predicted octanol–water partition coefficient (Wildman–Crippen LogP) is 5.05. The van der Waals surface area contributed by atoms with Gasteiger partial charge in [-0.2, -0.15) is 4.31 Å². The van der Waals surface area contributed by atoms with Crippen molar-refractivity contribution in [1.29, 1.82) is 0 Å². The van der Waals surface area contributed by atoms with Crippen LogP contribution in [0.25, 0.3) is 11.0 Å². The normalized spacial score (nSPS) is 16.8. The third kappa shape index (κ3) is 7.79. The third-order valence-corrected chi connectivity index (χ3v) is 9.76. The maximum Gasteiger partial charge on any atom is 0.344 e. The molecule has 1 aliphatic heterocycles. The molecule has 2 heterocycles. The van der Waals surface area contributed by atoms with E-state index in [4.69, 9.17) is 18.9 Å². The highest BCUT2D eigenvalue weighted by Gasteiger charge is 2.34. The number of aryl methyl sites for hydroxylation is 2. The Balaban J connectivity index is 1.54. The summed E-state index contributed by atoms with van der Waals surface area (Å²) in [6, 6.07) is 16.0. The summed E-state index contributed by atoms with van der Waals surface area (Å²) in [4.78, 5) is 25.7. The molecule has 3 aromatic carbocycles. The van der Waals surface area contributed by atoms with Crippen LogP contribution in [0.3, 0.4) is 0 Å². The fourth-order valence-electron chi connectivity index (χ4n) is 5.77. The molecule has 0 radical (unpaired) electrons. The minimum atomic E-state index is -3.87. The lowest BCUT2D eigenvalue weighted by Crippen LogP contribution is -2.35. The Bertz CT molecular complexity index is 1930. The topological polar surface area (TPSA) is 139 Å². The van der Waals surface area contributed by atoms with E-state index in [0.717, 1.165) is 16.7 Å². The Kier molecular flexibility index (Phi) is 10.1. The Labute approximate surface area is 281 Å². The van der Waals surface area contributed by atoms with Gasteiger partial charge < -0.3 is 18.9 Å². The molecule has 0 aliphatic carbocycles. The number of carbonyl (C=O) groups is 2. The molecule has 48 heavy (non-hydrogen) atoms. The number of rotatable bonds is 10. The highest BCUT2D eigenvalue weighted by Crippen LogP contribution is 2.37. The Morgan fingerprint density at radius 2 is 1.81 bits per heavy atom. The van der Waals surface area contributed by atoms with E-state index in [2.05, 4.69) is 10.3 Å². The molecule has 1 aromatic heterocycles. The highest BCUT2D eigenvalue weighted by atomic mass is 32.2. The number of sulfonamides is 1. The van der Waals surface area contributed by atoms with Crippen LogP contribution >= 0.6 is 0 Å². The third-order valence-electron chi connectivity index (χ3n) is 7.91. The van der Waals surface area contributed by atoms with Gasteiger partial charge in [-0.1, -0.05) is 35.5 Å². The molecule has 2 unspecified atom stereocenters. The van der Waals surface area contributed by atoms with Crippen LogP contribution in [0.15, 0.2) is 59.5 Å². The molecule has 0 spiro atoms. The number of benzene rings is 3. The van der Waals surface area contributed by atoms with Crippen LogP contribution in [0.5, 0.6) is 11.5 Å². The van der Waals surface area contributed by atoms with E-state index >= 15 is 0 Å². The number of hydrogen-bond acceptors (Lipinski definition) is 10. The zero-order valence-electron chi connectivity index (χ0n) is 28.3. The first-order valence-electron chi connectivity index (χ1n) is 15.8. The molecule has 0 amide bonds. The molecule has 2 atom stereocenters. The monoisotopic (exact) mass is 678 g/mol. The number of aromatic nitrogens is 3. The van der Waals surface area contributed by atoms with E-state index < -0.39 is 33.5 Å². The van der Waals surface area contributed by atoms with Crippen molar-refractivity contribution in [2.75, 3.05) is 19.8 Å². The van der Waals surface area contributed by atoms with Gasteiger partial charge in [-0.3, -0.25) is 4.79 Å². The van der Waals surface area contributed by atoms with Crippen molar-refractivity contribution in [1.82, 2.24) is 19.3 Å². The average Bonchev–Trinajstić information content (AvgIpc) is 3.35. The zero-order valence-corrected chi connectivity index (χ0v) is 29.2. The average molecular weight is 679 g/mol. The Morgan fingerprint density at radius 1 is 1.06 bits per heavy atom. The van der Waals surface area contributed by atoms with Crippen molar-refractivity contribution in [3.8, 4) is 11.5 Å². The van der Waals surface area contributed by atoms with Crippen molar-refractivity contribution >= 4 is 33.0 Å². The molecule has 0 fully saturated rings. The molecule has 256 valence electrons. The number of para-hydroxylation sites is 1. The fourth-order valence-corrected chi connectivity index (χ4v) is 7.38. The predicted molar refractivity (Wildman–Crippen MR) is 178 cm³/mol. The largest absolute Gasteiger partial charge is 0.488 e. The van der Waals surface area contributed by atoms with Crippen molar-refractivity contribution < 1.29 is 37.0 Å². The molecule has 0 bridgehead atoms. The van der Waals surface area contributed by atoms with Gasteiger partial charge in [-0.25, -0.2) is 17.9 Å². The van der Waals surface area contributed by atoms with E-state index in [9.17, 15) is 18.0 Å².